The SMILES string of the molecule is CCCCCCCCCCCCCCCCCCCCCCCCCCCCCCCCCCCCCC(=O)O[C@H](COCCCCCCCCCCCCCCCCCC)COP(=O)(O)O. The third-order valence-electron chi connectivity index (χ3n) is 14.2. The first kappa shape index (κ1) is 66.5. The van der Waals surface area contributed by atoms with Crippen molar-refractivity contribution in [3.8, 4) is 0 Å². The van der Waals surface area contributed by atoms with Crippen molar-refractivity contribution in [2.75, 3.05) is 19.8 Å². The van der Waals surface area contributed by atoms with Gasteiger partial charge in [-0.3, -0.25) is 9.32 Å². The molecular formula is C59H119O7P. The van der Waals surface area contributed by atoms with Crippen molar-refractivity contribution >= 4 is 13.8 Å². The summed E-state index contributed by atoms with van der Waals surface area (Å²) in [5, 5.41) is 0. The summed E-state index contributed by atoms with van der Waals surface area (Å²) in [6.07, 6.45) is 68.9. The molecule has 2 N–H and O–H groups in total. The molecule has 0 aromatic heterocycles. The fourth-order valence-corrected chi connectivity index (χ4v) is 10.0. The maximum atomic E-state index is 12.5. The summed E-state index contributed by atoms with van der Waals surface area (Å²) >= 11 is 0. The third kappa shape index (κ3) is 59.8. The minimum atomic E-state index is -4.65. The molecule has 0 heterocycles. The van der Waals surface area contributed by atoms with Crippen LogP contribution in [0.5, 0.6) is 0 Å². The Morgan fingerprint density at radius 3 is 0.806 bits per heavy atom. The van der Waals surface area contributed by atoms with Gasteiger partial charge in [0.1, 0.15) is 6.10 Å². The predicted octanol–water partition coefficient (Wildman–Crippen LogP) is 20.3. The molecule has 0 radical (unpaired) electrons. The second-order valence-corrected chi connectivity index (χ2v) is 22.3. The summed E-state index contributed by atoms with van der Waals surface area (Å²) in [5.41, 5.74) is 0. The average molecular weight is 972 g/mol. The molecule has 67 heavy (non-hydrogen) atoms. The van der Waals surface area contributed by atoms with Crippen LogP contribution in [0, 0.1) is 0 Å². The molecule has 0 aliphatic heterocycles. The zero-order chi connectivity index (χ0) is 48.7. The normalized spacial score (nSPS) is 12.4. The maximum Gasteiger partial charge on any atom is 0.469 e. The first-order chi connectivity index (χ1) is 32.9. The molecule has 0 aromatic carbocycles. The minimum Gasteiger partial charge on any atom is -0.457 e. The number of hydrogen-bond donors (Lipinski definition) is 2. The molecule has 0 unspecified atom stereocenters. The van der Waals surface area contributed by atoms with Gasteiger partial charge >= 0.3 is 13.8 Å². The van der Waals surface area contributed by atoms with Crippen molar-refractivity contribution in [2.45, 2.75) is 354 Å². The van der Waals surface area contributed by atoms with Gasteiger partial charge in [0.25, 0.3) is 0 Å². The number of carbonyl (C=O) groups excluding carboxylic acids is 1. The standard InChI is InChI=1S/C59H119O7P/c1-3-5-7-9-11-13-15-17-19-21-22-23-24-25-26-27-28-29-30-31-32-33-34-35-36-37-38-39-40-42-44-46-48-50-52-54-59(60)66-58(57-65-67(61,62)63)56-64-55-53-51-49-47-45-43-41-20-18-16-14-12-10-8-6-4-2/h58H,3-57H2,1-2H3,(H2,61,62,63)/t58-/m1/s1. The molecule has 1 atom stereocenters. The molecule has 0 aromatic rings. The molecule has 0 saturated heterocycles. The van der Waals surface area contributed by atoms with E-state index in [0.717, 1.165) is 32.1 Å². The lowest BCUT2D eigenvalue weighted by molar-refractivity contribution is -0.154. The molecule has 0 bridgehead atoms. The maximum absolute atomic E-state index is 12.5. The number of unbranched alkanes of at least 4 members (excludes halogenated alkanes) is 49. The van der Waals surface area contributed by atoms with E-state index in [4.69, 9.17) is 9.47 Å². The van der Waals surface area contributed by atoms with Crippen LogP contribution < -0.4 is 0 Å². The van der Waals surface area contributed by atoms with Crippen LogP contribution in [0.25, 0.3) is 0 Å². The highest BCUT2D eigenvalue weighted by molar-refractivity contribution is 7.46. The summed E-state index contributed by atoms with van der Waals surface area (Å²) in [6.45, 7) is 4.84. The molecule has 8 heteroatoms. The van der Waals surface area contributed by atoms with Crippen LogP contribution in [0.2, 0.25) is 0 Å². The lowest BCUT2D eigenvalue weighted by Crippen LogP contribution is -2.28. The van der Waals surface area contributed by atoms with E-state index in [9.17, 15) is 19.1 Å². The number of phosphoric ester groups is 1. The Morgan fingerprint density at radius 1 is 0.343 bits per heavy atom. The smallest absolute Gasteiger partial charge is 0.457 e. The Bertz CT molecular complexity index is 989. The number of esters is 1. The molecular weight excluding hydrogens is 852 g/mol. The number of rotatable bonds is 59. The van der Waals surface area contributed by atoms with E-state index < -0.39 is 13.9 Å². The highest BCUT2D eigenvalue weighted by Gasteiger charge is 2.21. The van der Waals surface area contributed by atoms with Gasteiger partial charge < -0.3 is 19.3 Å². The lowest BCUT2D eigenvalue weighted by Gasteiger charge is -2.18. The largest absolute Gasteiger partial charge is 0.469 e. The van der Waals surface area contributed by atoms with Gasteiger partial charge in [-0.2, -0.15) is 0 Å². The second kappa shape index (κ2) is 56.5. The molecule has 0 spiro atoms. The molecule has 0 saturated carbocycles. The van der Waals surface area contributed by atoms with Crippen molar-refractivity contribution in [3.63, 3.8) is 0 Å². The summed E-state index contributed by atoms with van der Waals surface area (Å²) in [6, 6.07) is 0. The van der Waals surface area contributed by atoms with E-state index >= 15 is 0 Å². The van der Waals surface area contributed by atoms with Gasteiger partial charge in [0, 0.05) is 13.0 Å². The number of carbonyl (C=O) groups is 1. The van der Waals surface area contributed by atoms with Crippen LogP contribution in [0.1, 0.15) is 348 Å². The molecule has 0 amide bonds. The highest BCUT2D eigenvalue weighted by Crippen LogP contribution is 2.36. The van der Waals surface area contributed by atoms with Gasteiger partial charge in [0.2, 0.25) is 0 Å². The first-order valence-corrected chi connectivity index (χ1v) is 31.9. The first-order valence-electron chi connectivity index (χ1n) is 30.4. The fourth-order valence-electron chi connectivity index (χ4n) is 9.68. The van der Waals surface area contributed by atoms with Gasteiger partial charge in [-0.25, -0.2) is 4.57 Å². The van der Waals surface area contributed by atoms with E-state index in [0.29, 0.717) is 13.0 Å². The fraction of sp³-hybridized carbons (Fsp3) is 0.983. The Morgan fingerprint density at radius 2 is 0.567 bits per heavy atom. The van der Waals surface area contributed by atoms with Crippen molar-refractivity contribution in [3.05, 3.63) is 0 Å². The van der Waals surface area contributed by atoms with Gasteiger partial charge in [-0.05, 0) is 12.8 Å². The third-order valence-corrected chi connectivity index (χ3v) is 14.6. The Hall–Kier alpha value is -0.460. The average Bonchev–Trinajstić information content (AvgIpc) is 3.31. The van der Waals surface area contributed by atoms with Gasteiger partial charge in [0.15, 0.2) is 0 Å². The van der Waals surface area contributed by atoms with Crippen LogP contribution in [-0.2, 0) is 23.4 Å². The van der Waals surface area contributed by atoms with Gasteiger partial charge in [-0.1, -0.05) is 328 Å². The Labute approximate surface area is 419 Å². The summed E-state index contributed by atoms with van der Waals surface area (Å²) in [4.78, 5) is 30.9. The molecule has 0 rings (SSSR count). The number of phosphoric acid groups is 1. The van der Waals surface area contributed by atoms with E-state index in [-0.39, 0.29) is 19.2 Å². The molecule has 0 aliphatic carbocycles. The zero-order valence-electron chi connectivity index (χ0n) is 45.4. The van der Waals surface area contributed by atoms with Crippen molar-refractivity contribution in [1.29, 1.82) is 0 Å². The summed E-state index contributed by atoms with van der Waals surface area (Å²) in [5.74, 6) is -0.351. The monoisotopic (exact) mass is 971 g/mol. The van der Waals surface area contributed by atoms with E-state index in [2.05, 4.69) is 18.4 Å². The summed E-state index contributed by atoms with van der Waals surface area (Å²) in [7, 11) is -4.65. The molecule has 0 aliphatic rings. The molecule has 402 valence electrons. The Kier molecular flexibility index (Phi) is 56.1. The van der Waals surface area contributed by atoms with E-state index in [1.165, 1.54) is 295 Å². The Balaban J connectivity index is 3.51. The number of ether oxygens (including phenoxy) is 2. The van der Waals surface area contributed by atoms with Crippen LogP contribution in [0.3, 0.4) is 0 Å². The lowest BCUT2D eigenvalue weighted by atomic mass is 10.0. The molecule has 0 fully saturated rings. The van der Waals surface area contributed by atoms with Crippen molar-refractivity contribution < 1.29 is 33.1 Å². The topological polar surface area (TPSA) is 102 Å². The van der Waals surface area contributed by atoms with Crippen LogP contribution >= 0.6 is 7.82 Å². The second-order valence-electron chi connectivity index (χ2n) is 21.0. The van der Waals surface area contributed by atoms with Gasteiger partial charge in [-0.15, -0.1) is 0 Å². The summed E-state index contributed by atoms with van der Waals surface area (Å²) < 4.78 is 27.2. The van der Waals surface area contributed by atoms with Crippen LogP contribution in [0.4, 0.5) is 0 Å². The highest BCUT2D eigenvalue weighted by atomic mass is 31.2. The van der Waals surface area contributed by atoms with Gasteiger partial charge in [0.05, 0.1) is 13.2 Å². The minimum absolute atomic E-state index is 0.0875. The van der Waals surface area contributed by atoms with Crippen LogP contribution in [0.15, 0.2) is 0 Å². The molecule has 7 nitrogen and oxygen atoms in total. The zero-order valence-corrected chi connectivity index (χ0v) is 46.2. The van der Waals surface area contributed by atoms with Crippen LogP contribution in [-0.4, -0.2) is 41.7 Å². The van der Waals surface area contributed by atoms with Crippen molar-refractivity contribution in [1.82, 2.24) is 0 Å². The van der Waals surface area contributed by atoms with E-state index in [1.54, 1.807) is 0 Å². The number of hydrogen-bond acceptors (Lipinski definition) is 5. The van der Waals surface area contributed by atoms with E-state index in [1.807, 2.05) is 0 Å². The quantitative estimate of drug-likeness (QED) is 0.0356. The predicted molar refractivity (Wildman–Crippen MR) is 290 cm³/mol. The van der Waals surface area contributed by atoms with Crippen molar-refractivity contribution in [2.24, 2.45) is 0 Å².